The number of likely N-dealkylation sites (tertiary alicyclic amines) is 1. The minimum absolute atomic E-state index is 0.363. The van der Waals surface area contributed by atoms with Crippen LogP contribution < -0.4 is 5.32 Å². The van der Waals surface area contributed by atoms with E-state index >= 15 is 0 Å². The Hall–Kier alpha value is -0.380. The van der Waals surface area contributed by atoms with Crippen molar-refractivity contribution in [2.45, 2.75) is 38.8 Å². The molecular weight excluding hydrogens is 216 g/mol. The summed E-state index contributed by atoms with van der Waals surface area (Å²) in [5, 5.41) is 3.44. The van der Waals surface area contributed by atoms with Crippen molar-refractivity contribution in [1.82, 2.24) is 10.2 Å². The van der Waals surface area contributed by atoms with Gasteiger partial charge in [-0.15, -0.1) is 11.3 Å². The molecule has 2 heterocycles. The molecule has 2 nitrogen and oxygen atoms in total. The Labute approximate surface area is 103 Å². The van der Waals surface area contributed by atoms with Crippen molar-refractivity contribution in [2.75, 3.05) is 20.1 Å². The highest BCUT2D eigenvalue weighted by Gasteiger charge is 2.28. The molecule has 1 saturated heterocycles. The van der Waals surface area contributed by atoms with E-state index in [1.54, 1.807) is 0 Å². The molecule has 0 unspecified atom stereocenters. The highest BCUT2D eigenvalue weighted by atomic mass is 32.1. The fraction of sp³-hybridized carbons (Fsp3) is 0.692. The number of hydrogen-bond acceptors (Lipinski definition) is 3. The molecule has 0 aromatic carbocycles. The van der Waals surface area contributed by atoms with E-state index in [9.17, 15) is 0 Å². The second-order valence-corrected chi connectivity index (χ2v) is 6.47. The Kier molecular flexibility index (Phi) is 3.67. The lowest BCUT2D eigenvalue weighted by Crippen LogP contribution is -2.49. The first-order chi connectivity index (χ1) is 7.61. The molecule has 1 aliphatic heterocycles. The van der Waals surface area contributed by atoms with Gasteiger partial charge in [0.1, 0.15) is 0 Å². The molecular formula is C13H22N2S. The van der Waals surface area contributed by atoms with E-state index in [1.165, 1.54) is 35.7 Å². The largest absolute Gasteiger partial charge is 0.314 e. The lowest BCUT2D eigenvalue weighted by atomic mass is 9.90. The molecule has 1 aromatic heterocycles. The summed E-state index contributed by atoms with van der Waals surface area (Å²) in [6, 6.07) is 4.49. The van der Waals surface area contributed by atoms with E-state index in [4.69, 9.17) is 0 Å². The van der Waals surface area contributed by atoms with Crippen LogP contribution in [0.1, 0.15) is 29.5 Å². The summed E-state index contributed by atoms with van der Waals surface area (Å²) in [7, 11) is 2.08. The first kappa shape index (κ1) is 12.1. The topological polar surface area (TPSA) is 15.3 Å². The van der Waals surface area contributed by atoms with E-state index in [0.717, 1.165) is 6.54 Å². The van der Waals surface area contributed by atoms with Gasteiger partial charge in [-0.3, -0.25) is 4.90 Å². The Morgan fingerprint density at radius 2 is 2.06 bits per heavy atom. The highest BCUT2D eigenvalue weighted by molar-refractivity contribution is 7.11. The fourth-order valence-electron chi connectivity index (χ4n) is 2.25. The standard InChI is InChI=1S/C13H22N2S/c1-11-4-5-12(16-11)10-15-8-6-13(2,14-3)7-9-15/h4-5,14H,6-10H2,1-3H3. The van der Waals surface area contributed by atoms with E-state index < -0.39 is 0 Å². The van der Waals surface area contributed by atoms with Crippen LogP contribution in [0.25, 0.3) is 0 Å². The molecule has 0 spiro atoms. The van der Waals surface area contributed by atoms with Gasteiger partial charge in [-0.1, -0.05) is 0 Å². The van der Waals surface area contributed by atoms with Gasteiger partial charge in [-0.25, -0.2) is 0 Å². The van der Waals surface area contributed by atoms with E-state index in [2.05, 4.69) is 43.2 Å². The van der Waals surface area contributed by atoms with Crippen LogP contribution in [0, 0.1) is 6.92 Å². The molecule has 0 saturated carbocycles. The Morgan fingerprint density at radius 3 is 2.56 bits per heavy atom. The molecule has 0 amide bonds. The van der Waals surface area contributed by atoms with Crippen LogP contribution in [0.15, 0.2) is 12.1 Å². The zero-order chi connectivity index (χ0) is 11.6. The predicted molar refractivity (Wildman–Crippen MR) is 71.0 cm³/mol. The van der Waals surface area contributed by atoms with Gasteiger partial charge in [0, 0.05) is 34.9 Å². The summed E-state index contributed by atoms with van der Waals surface area (Å²) < 4.78 is 0. The van der Waals surface area contributed by atoms with Crippen LogP contribution in [0.3, 0.4) is 0 Å². The van der Waals surface area contributed by atoms with Crippen LogP contribution >= 0.6 is 11.3 Å². The Morgan fingerprint density at radius 1 is 1.38 bits per heavy atom. The number of piperidine rings is 1. The summed E-state index contributed by atoms with van der Waals surface area (Å²) in [5.41, 5.74) is 0.363. The third-order valence-electron chi connectivity index (χ3n) is 3.74. The van der Waals surface area contributed by atoms with Gasteiger partial charge >= 0.3 is 0 Å². The van der Waals surface area contributed by atoms with Gasteiger partial charge in [0.25, 0.3) is 0 Å². The van der Waals surface area contributed by atoms with Gasteiger partial charge in [0.05, 0.1) is 0 Å². The average Bonchev–Trinajstić information content (AvgIpc) is 2.68. The lowest BCUT2D eigenvalue weighted by molar-refractivity contribution is 0.147. The highest BCUT2D eigenvalue weighted by Crippen LogP contribution is 2.24. The van der Waals surface area contributed by atoms with Gasteiger partial charge in [-0.05, 0) is 45.9 Å². The quantitative estimate of drug-likeness (QED) is 0.871. The zero-order valence-electron chi connectivity index (χ0n) is 10.5. The molecule has 1 aromatic rings. The smallest absolute Gasteiger partial charge is 0.0328 e. The maximum absolute atomic E-state index is 3.44. The van der Waals surface area contributed by atoms with Crippen LogP contribution in [-0.4, -0.2) is 30.6 Å². The molecule has 16 heavy (non-hydrogen) atoms. The van der Waals surface area contributed by atoms with Crippen molar-refractivity contribution >= 4 is 11.3 Å². The molecule has 1 fully saturated rings. The van der Waals surface area contributed by atoms with Crippen LogP contribution in [-0.2, 0) is 6.54 Å². The number of thiophene rings is 1. The van der Waals surface area contributed by atoms with Crippen molar-refractivity contribution in [3.8, 4) is 0 Å². The van der Waals surface area contributed by atoms with Crippen LogP contribution in [0.5, 0.6) is 0 Å². The molecule has 3 heteroatoms. The number of aryl methyl sites for hydroxylation is 1. The lowest BCUT2D eigenvalue weighted by Gasteiger charge is -2.39. The molecule has 0 radical (unpaired) electrons. The van der Waals surface area contributed by atoms with Crippen LogP contribution in [0.4, 0.5) is 0 Å². The van der Waals surface area contributed by atoms with Crippen LogP contribution in [0.2, 0.25) is 0 Å². The summed E-state index contributed by atoms with van der Waals surface area (Å²) in [5.74, 6) is 0. The van der Waals surface area contributed by atoms with Crippen molar-refractivity contribution in [2.24, 2.45) is 0 Å². The maximum atomic E-state index is 3.44. The van der Waals surface area contributed by atoms with Gasteiger partial charge < -0.3 is 5.32 Å². The van der Waals surface area contributed by atoms with Crippen molar-refractivity contribution < 1.29 is 0 Å². The minimum atomic E-state index is 0.363. The summed E-state index contributed by atoms with van der Waals surface area (Å²) >= 11 is 1.93. The third kappa shape index (κ3) is 2.84. The summed E-state index contributed by atoms with van der Waals surface area (Å²) in [6.07, 6.45) is 2.52. The molecule has 0 atom stereocenters. The van der Waals surface area contributed by atoms with Gasteiger partial charge in [0.15, 0.2) is 0 Å². The van der Waals surface area contributed by atoms with Crippen molar-refractivity contribution in [3.05, 3.63) is 21.9 Å². The molecule has 2 rings (SSSR count). The molecule has 90 valence electrons. The molecule has 0 aliphatic carbocycles. The van der Waals surface area contributed by atoms with E-state index in [1.807, 2.05) is 11.3 Å². The monoisotopic (exact) mass is 238 g/mol. The first-order valence-corrected chi connectivity index (χ1v) is 6.89. The Balaban J connectivity index is 1.86. The first-order valence-electron chi connectivity index (χ1n) is 6.08. The number of hydrogen-bond donors (Lipinski definition) is 1. The van der Waals surface area contributed by atoms with Gasteiger partial charge in [-0.2, -0.15) is 0 Å². The predicted octanol–water partition coefficient (Wildman–Crippen LogP) is 2.63. The molecule has 1 aliphatic rings. The van der Waals surface area contributed by atoms with E-state index in [-0.39, 0.29) is 0 Å². The van der Waals surface area contributed by atoms with Gasteiger partial charge in [0.2, 0.25) is 0 Å². The fourth-order valence-corrected chi connectivity index (χ4v) is 3.18. The second-order valence-electron chi connectivity index (χ2n) is 5.10. The molecule has 1 N–H and O–H groups in total. The molecule has 0 bridgehead atoms. The maximum Gasteiger partial charge on any atom is 0.0328 e. The Bertz CT molecular complexity index is 337. The number of nitrogens with one attached hydrogen (secondary N) is 1. The van der Waals surface area contributed by atoms with Crippen molar-refractivity contribution in [1.29, 1.82) is 0 Å². The number of rotatable bonds is 3. The minimum Gasteiger partial charge on any atom is -0.314 e. The number of nitrogens with zero attached hydrogens (tertiary/aromatic N) is 1. The zero-order valence-corrected chi connectivity index (χ0v) is 11.4. The third-order valence-corrected chi connectivity index (χ3v) is 4.72. The second kappa shape index (κ2) is 4.86. The summed E-state index contributed by atoms with van der Waals surface area (Å²) in [6.45, 7) is 8.09. The summed E-state index contributed by atoms with van der Waals surface area (Å²) in [4.78, 5) is 5.50. The average molecular weight is 238 g/mol. The normalized spacial score (nSPS) is 21.2. The van der Waals surface area contributed by atoms with E-state index in [0.29, 0.717) is 5.54 Å². The SMILES string of the molecule is CNC1(C)CCN(Cc2ccc(C)s2)CC1. The van der Waals surface area contributed by atoms with Crippen molar-refractivity contribution in [3.63, 3.8) is 0 Å².